The molecule has 3 aromatic rings. The molecular weight excluding hydrogens is 428 g/mol. The number of para-hydroxylation sites is 1. The maximum absolute atomic E-state index is 14.3. The summed E-state index contributed by atoms with van der Waals surface area (Å²) < 4.78 is 28.7. The smallest absolute Gasteiger partial charge is 0.278 e. The molecule has 168 valence electrons. The van der Waals surface area contributed by atoms with Crippen LogP contribution in [0, 0.1) is 29.9 Å². The van der Waals surface area contributed by atoms with Crippen molar-refractivity contribution in [2.45, 2.75) is 13.0 Å². The van der Waals surface area contributed by atoms with E-state index in [1.54, 1.807) is 31.2 Å². The highest BCUT2D eigenvalue weighted by molar-refractivity contribution is 5.92. The quantitative estimate of drug-likeness (QED) is 0.612. The lowest BCUT2D eigenvalue weighted by atomic mass is 10.1. The van der Waals surface area contributed by atoms with Crippen LogP contribution in [-0.2, 0) is 0 Å². The van der Waals surface area contributed by atoms with Crippen LogP contribution in [0.2, 0.25) is 0 Å². The number of aromatic nitrogens is 2. The van der Waals surface area contributed by atoms with Crippen molar-refractivity contribution in [3.05, 3.63) is 93.4 Å². The van der Waals surface area contributed by atoms with E-state index in [4.69, 9.17) is 0 Å². The van der Waals surface area contributed by atoms with Crippen LogP contribution >= 0.6 is 0 Å². The van der Waals surface area contributed by atoms with Gasteiger partial charge < -0.3 is 4.90 Å². The van der Waals surface area contributed by atoms with Crippen LogP contribution in [0.25, 0.3) is 5.69 Å². The molecule has 1 atom stereocenters. The SMILES string of the molecule is Cc1cc(=O)c(C(=O)N2CCN(C(C#N)c3ccc(F)cc3)CC2)nn1-c1ccccc1F. The number of rotatable bonds is 4. The molecule has 9 heteroatoms. The first-order chi connectivity index (χ1) is 15.9. The largest absolute Gasteiger partial charge is 0.335 e. The van der Waals surface area contributed by atoms with Crippen LogP contribution in [0.1, 0.15) is 27.8 Å². The van der Waals surface area contributed by atoms with Crippen molar-refractivity contribution >= 4 is 5.91 Å². The molecule has 33 heavy (non-hydrogen) atoms. The topological polar surface area (TPSA) is 82.2 Å². The van der Waals surface area contributed by atoms with Crippen molar-refractivity contribution in [2.75, 3.05) is 26.2 Å². The molecule has 0 saturated carbocycles. The van der Waals surface area contributed by atoms with Gasteiger partial charge in [0.05, 0.1) is 6.07 Å². The standard InChI is InChI=1S/C24H21F2N5O2/c1-16-14-22(32)23(28-31(16)20-5-3-2-4-19(20)26)24(33)30-12-10-29(11-13-30)21(15-27)17-6-8-18(25)9-7-17/h2-9,14,21H,10-13H2,1H3. The summed E-state index contributed by atoms with van der Waals surface area (Å²) in [5.41, 5.74) is 0.403. The van der Waals surface area contributed by atoms with Crippen molar-refractivity contribution in [3.63, 3.8) is 0 Å². The molecule has 0 bridgehead atoms. The Bertz CT molecular complexity index is 1280. The lowest BCUT2D eigenvalue weighted by molar-refractivity contribution is 0.0597. The summed E-state index contributed by atoms with van der Waals surface area (Å²) in [6.07, 6.45) is 0. The third-order valence-electron chi connectivity index (χ3n) is 5.67. The first-order valence-corrected chi connectivity index (χ1v) is 10.4. The number of hydrogen-bond acceptors (Lipinski definition) is 5. The number of benzene rings is 2. The first kappa shape index (κ1) is 22.3. The monoisotopic (exact) mass is 449 g/mol. The fourth-order valence-electron chi connectivity index (χ4n) is 3.91. The maximum atomic E-state index is 14.3. The van der Waals surface area contributed by atoms with Crippen LogP contribution in [0.5, 0.6) is 0 Å². The molecule has 7 nitrogen and oxygen atoms in total. The van der Waals surface area contributed by atoms with E-state index in [0.717, 1.165) is 0 Å². The third-order valence-corrected chi connectivity index (χ3v) is 5.67. The number of piperazine rings is 1. The number of aryl methyl sites for hydroxylation is 1. The number of carbonyl (C=O) groups excluding carboxylic acids is 1. The second kappa shape index (κ2) is 9.30. The van der Waals surface area contributed by atoms with E-state index < -0.39 is 23.2 Å². The summed E-state index contributed by atoms with van der Waals surface area (Å²) in [5.74, 6) is -1.44. The molecule has 1 amide bonds. The van der Waals surface area contributed by atoms with Gasteiger partial charge >= 0.3 is 0 Å². The van der Waals surface area contributed by atoms with E-state index >= 15 is 0 Å². The molecule has 0 radical (unpaired) electrons. The third kappa shape index (κ3) is 4.52. The van der Waals surface area contributed by atoms with E-state index in [1.807, 2.05) is 4.90 Å². The van der Waals surface area contributed by atoms with Gasteiger partial charge in [0.1, 0.15) is 23.4 Å². The second-order valence-corrected chi connectivity index (χ2v) is 7.77. The van der Waals surface area contributed by atoms with E-state index in [1.165, 1.54) is 39.9 Å². The molecule has 0 spiro atoms. The molecule has 1 aliphatic rings. The molecule has 1 unspecified atom stereocenters. The van der Waals surface area contributed by atoms with Gasteiger partial charge in [0.25, 0.3) is 5.91 Å². The number of nitriles is 1. The van der Waals surface area contributed by atoms with Gasteiger partial charge in [0.15, 0.2) is 5.69 Å². The van der Waals surface area contributed by atoms with Crippen LogP contribution < -0.4 is 5.43 Å². The molecular formula is C24H21F2N5O2. The lowest BCUT2D eigenvalue weighted by Gasteiger charge is -2.36. The summed E-state index contributed by atoms with van der Waals surface area (Å²) in [6, 6.07) is 14.7. The molecule has 2 heterocycles. The van der Waals surface area contributed by atoms with Gasteiger partial charge in [0.2, 0.25) is 5.43 Å². The van der Waals surface area contributed by atoms with Gasteiger partial charge in [-0.1, -0.05) is 24.3 Å². The fourth-order valence-corrected chi connectivity index (χ4v) is 3.91. The molecule has 0 aliphatic carbocycles. The Morgan fingerprint density at radius 1 is 1.06 bits per heavy atom. The predicted molar refractivity (Wildman–Crippen MR) is 117 cm³/mol. The minimum atomic E-state index is -0.571. The van der Waals surface area contributed by atoms with E-state index in [-0.39, 0.29) is 30.3 Å². The Morgan fingerprint density at radius 2 is 1.73 bits per heavy atom. The van der Waals surface area contributed by atoms with Gasteiger partial charge in [-0.2, -0.15) is 10.4 Å². The van der Waals surface area contributed by atoms with Crippen molar-refractivity contribution < 1.29 is 13.6 Å². The van der Waals surface area contributed by atoms with Crippen LogP contribution in [0.15, 0.2) is 59.4 Å². The zero-order valence-electron chi connectivity index (χ0n) is 17.9. The van der Waals surface area contributed by atoms with Crippen molar-refractivity contribution in [2.24, 2.45) is 0 Å². The van der Waals surface area contributed by atoms with Crippen molar-refractivity contribution in [3.8, 4) is 11.8 Å². The van der Waals surface area contributed by atoms with Crippen LogP contribution in [-0.4, -0.2) is 51.7 Å². The van der Waals surface area contributed by atoms with Crippen LogP contribution in [0.3, 0.4) is 0 Å². The number of amides is 1. The highest BCUT2D eigenvalue weighted by atomic mass is 19.1. The lowest BCUT2D eigenvalue weighted by Crippen LogP contribution is -2.50. The highest BCUT2D eigenvalue weighted by Gasteiger charge is 2.29. The molecule has 0 N–H and O–H groups in total. The first-order valence-electron chi connectivity index (χ1n) is 10.4. The Balaban J connectivity index is 1.53. The van der Waals surface area contributed by atoms with Gasteiger partial charge in [-0.15, -0.1) is 0 Å². The summed E-state index contributed by atoms with van der Waals surface area (Å²) in [6.45, 7) is 2.98. The van der Waals surface area contributed by atoms with Gasteiger partial charge in [0, 0.05) is 37.9 Å². The zero-order valence-corrected chi connectivity index (χ0v) is 17.9. The molecule has 2 aromatic carbocycles. The Kier molecular flexibility index (Phi) is 6.29. The molecule has 1 aliphatic heterocycles. The second-order valence-electron chi connectivity index (χ2n) is 7.77. The van der Waals surface area contributed by atoms with E-state index in [9.17, 15) is 23.6 Å². The number of carbonyl (C=O) groups is 1. The Hall–Kier alpha value is -3.90. The van der Waals surface area contributed by atoms with E-state index in [0.29, 0.717) is 24.3 Å². The minimum Gasteiger partial charge on any atom is -0.335 e. The van der Waals surface area contributed by atoms with Gasteiger partial charge in [-0.25, -0.2) is 13.5 Å². The van der Waals surface area contributed by atoms with E-state index in [2.05, 4.69) is 11.2 Å². The summed E-state index contributed by atoms with van der Waals surface area (Å²) in [5, 5.41) is 13.8. The average molecular weight is 449 g/mol. The number of hydrogen-bond donors (Lipinski definition) is 0. The Morgan fingerprint density at radius 3 is 2.36 bits per heavy atom. The van der Waals surface area contributed by atoms with Crippen molar-refractivity contribution in [1.29, 1.82) is 5.26 Å². The molecule has 4 rings (SSSR count). The summed E-state index contributed by atoms with van der Waals surface area (Å²) in [4.78, 5) is 29.0. The highest BCUT2D eigenvalue weighted by Crippen LogP contribution is 2.22. The summed E-state index contributed by atoms with van der Waals surface area (Å²) >= 11 is 0. The predicted octanol–water partition coefficient (Wildman–Crippen LogP) is 2.84. The van der Waals surface area contributed by atoms with Gasteiger partial charge in [-0.3, -0.25) is 14.5 Å². The van der Waals surface area contributed by atoms with Crippen LogP contribution in [0.4, 0.5) is 8.78 Å². The Labute approximate surface area is 189 Å². The summed E-state index contributed by atoms with van der Waals surface area (Å²) in [7, 11) is 0. The zero-order chi connectivity index (χ0) is 23.5. The number of nitrogens with zero attached hydrogens (tertiary/aromatic N) is 5. The fraction of sp³-hybridized carbons (Fsp3) is 0.250. The minimum absolute atomic E-state index is 0.144. The van der Waals surface area contributed by atoms with Crippen molar-refractivity contribution in [1.82, 2.24) is 19.6 Å². The molecule has 1 aromatic heterocycles. The van der Waals surface area contributed by atoms with Gasteiger partial charge in [-0.05, 0) is 36.8 Å². The average Bonchev–Trinajstić information content (AvgIpc) is 2.82. The molecule has 1 saturated heterocycles. The molecule has 1 fully saturated rings. The maximum Gasteiger partial charge on any atom is 0.278 e. The normalized spacial score (nSPS) is 15.2. The number of halogens is 2.